The van der Waals surface area contributed by atoms with E-state index < -0.39 is 28.0 Å². The molecule has 0 spiro atoms. The normalized spacial score (nSPS) is 14.7. The number of barbiturate groups is 1. The van der Waals surface area contributed by atoms with Crippen LogP contribution in [0.15, 0.2) is 83.8 Å². The van der Waals surface area contributed by atoms with Gasteiger partial charge < -0.3 is 14.0 Å². The Kier molecular flexibility index (Phi) is 8.26. The van der Waals surface area contributed by atoms with Gasteiger partial charge in [-0.05, 0) is 85.6 Å². The molecule has 1 saturated heterocycles. The van der Waals surface area contributed by atoms with Gasteiger partial charge in [-0.1, -0.05) is 17.7 Å². The number of ether oxygens (including phenoxy) is 1. The van der Waals surface area contributed by atoms with Gasteiger partial charge in [0.1, 0.15) is 16.2 Å². The third kappa shape index (κ3) is 6.00. The molecule has 12 heteroatoms. The van der Waals surface area contributed by atoms with Crippen molar-refractivity contribution in [3.8, 4) is 17.2 Å². The highest BCUT2D eigenvalue weighted by Gasteiger charge is 2.37. The molecule has 4 rings (SSSR count). The summed E-state index contributed by atoms with van der Waals surface area (Å²) in [5.74, 6) is -1.92. The summed E-state index contributed by atoms with van der Waals surface area (Å²) < 4.78 is 37.2. The Bertz CT molecular complexity index is 1630. The summed E-state index contributed by atoms with van der Waals surface area (Å²) in [7, 11) is -4.29. The number of phenolic OH excluding ortho intramolecular Hbond substituents is 1. The minimum atomic E-state index is -4.29. The minimum absolute atomic E-state index is 0.0429. The van der Waals surface area contributed by atoms with E-state index in [1.165, 1.54) is 72.8 Å². The lowest BCUT2D eigenvalue weighted by Crippen LogP contribution is -2.54. The maximum absolute atomic E-state index is 13.2. The van der Waals surface area contributed by atoms with Gasteiger partial charge in [-0.3, -0.25) is 14.9 Å². The number of urea groups is 1. The average molecular weight is 583 g/mol. The van der Waals surface area contributed by atoms with Crippen LogP contribution in [-0.2, 0) is 26.1 Å². The third-order valence-electron chi connectivity index (χ3n) is 5.63. The molecule has 0 aromatic heterocycles. The van der Waals surface area contributed by atoms with Gasteiger partial charge >= 0.3 is 16.1 Å². The van der Waals surface area contributed by atoms with Gasteiger partial charge in [0, 0.05) is 10.6 Å². The number of aromatic hydroxyl groups is 1. The molecule has 0 radical (unpaired) electrons. The van der Waals surface area contributed by atoms with Crippen LogP contribution in [0.25, 0.3) is 6.08 Å². The van der Waals surface area contributed by atoms with Crippen molar-refractivity contribution in [2.45, 2.75) is 18.2 Å². The number of phenols is 1. The Morgan fingerprint density at radius 3 is 2.35 bits per heavy atom. The van der Waals surface area contributed by atoms with E-state index in [9.17, 15) is 27.9 Å². The molecule has 1 aliphatic heterocycles. The number of amides is 4. The van der Waals surface area contributed by atoms with Crippen LogP contribution in [0.4, 0.5) is 10.5 Å². The zero-order valence-corrected chi connectivity index (χ0v) is 22.7. The summed E-state index contributed by atoms with van der Waals surface area (Å²) >= 11 is 5.87. The predicted octanol–water partition coefficient (Wildman–Crippen LogP) is 4.61. The fourth-order valence-electron chi connectivity index (χ4n) is 3.85. The summed E-state index contributed by atoms with van der Waals surface area (Å²) in [6, 6.07) is 12.7. The summed E-state index contributed by atoms with van der Waals surface area (Å²) in [4.78, 5) is 39.0. The maximum Gasteiger partial charge on any atom is 0.339 e. The predicted molar refractivity (Wildman–Crippen MR) is 148 cm³/mol. The number of benzene rings is 3. The molecule has 0 saturated carbocycles. The van der Waals surface area contributed by atoms with Crippen LogP contribution in [-0.4, -0.2) is 38.0 Å². The Morgan fingerprint density at radius 1 is 1.05 bits per heavy atom. The number of nitrogens with one attached hydrogen (secondary N) is 1. The van der Waals surface area contributed by atoms with Gasteiger partial charge in [0.05, 0.1) is 12.3 Å². The maximum atomic E-state index is 13.2. The zero-order chi connectivity index (χ0) is 29.0. The SMILES string of the molecule is C=CCc1cc(/C=C2\C(=O)NC(=O)N(c3ccc(O)cc3)C2=O)cc(OCC)c1OS(=O)(=O)c1ccc(Cl)cc1. The molecule has 3 aromatic carbocycles. The number of allylic oxidation sites excluding steroid dienone is 1. The number of carbonyl (C=O) groups excluding carboxylic acids is 3. The van der Waals surface area contributed by atoms with E-state index in [4.69, 9.17) is 20.5 Å². The molecule has 0 bridgehead atoms. The van der Waals surface area contributed by atoms with E-state index in [1.807, 2.05) is 0 Å². The van der Waals surface area contributed by atoms with Gasteiger partial charge in [-0.25, -0.2) is 9.69 Å². The molecule has 40 heavy (non-hydrogen) atoms. The van der Waals surface area contributed by atoms with Gasteiger partial charge in [-0.15, -0.1) is 6.58 Å². The highest BCUT2D eigenvalue weighted by atomic mass is 35.5. The summed E-state index contributed by atoms with van der Waals surface area (Å²) in [6.45, 7) is 5.54. The fraction of sp³-hybridized carbons (Fsp3) is 0.107. The molecular weight excluding hydrogens is 560 g/mol. The standard InChI is InChI=1S/C28H23ClN2O8S/c1-3-5-18-14-17(15-23-26(33)30-28(35)31(27(23)34)20-8-10-21(32)11-9-20)16-24(38-4-2)25(18)39-40(36,37)22-12-6-19(29)7-13-22/h3,6-16,32H,1,4-5H2,2H3,(H,30,33,35)/b23-15+. The van der Waals surface area contributed by atoms with Crippen molar-refractivity contribution < 1.29 is 36.8 Å². The number of hydrogen-bond acceptors (Lipinski definition) is 8. The van der Waals surface area contributed by atoms with Crippen LogP contribution in [0.2, 0.25) is 5.02 Å². The Hall–Kier alpha value is -4.61. The van der Waals surface area contributed by atoms with Crippen LogP contribution >= 0.6 is 11.6 Å². The topological polar surface area (TPSA) is 139 Å². The van der Waals surface area contributed by atoms with E-state index in [0.717, 1.165) is 4.90 Å². The van der Waals surface area contributed by atoms with Crippen molar-refractivity contribution in [1.29, 1.82) is 0 Å². The van der Waals surface area contributed by atoms with Crippen LogP contribution < -0.4 is 19.1 Å². The molecular formula is C28H23ClN2O8S. The van der Waals surface area contributed by atoms with E-state index in [2.05, 4.69) is 11.9 Å². The van der Waals surface area contributed by atoms with E-state index in [-0.39, 0.29) is 46.4 Å². The van der Waals surface area contributed by atoms with Gasteiger partial charge in [0.2, 0.25) is 0 Å². The lowest BCUT2D eigenvalue weighted by Gasteiger charge is -2.26. The first-order valence-corrected chi connectivity index (χ1v) is 13.6. The van der Waals surface area contributed by atoms with Crippen molar-refractivity contribution >= 4 is 51.3 Å². The Morgan fingerprint density at radius 2 is 1.73 bits per heavy atom. The summed E-state index contributed by atoms with van der Waals surface area (Å²) in [5.41, 5.74) is 0.426. The zero-order valence-electron chi connectivity index (χ0n) is 21.1. The Balaban J connectivity index is 1.78. The highest BCUT2D eigenvalue weighted by Crippen LogP contribution is 2.37. The number of carbonyl (C=O) groups is 3. The third-order valence-corrected chi connectivity index (χ3v) is 7.12. The Labute approximate surface area is 235 Å². The monoisotopic (exact) mass is 582 g/mol. The summed E-state index contributed by atoms with van der Waals surface area (Å²) in [5, 5.41) is 12.0. The first-order valence-electron chi connectivity index (χ1n) is 11.8. The molecule has 0 atom stereocenters. The molecule has 2 N–H and O–H groups in total. The molecule has 1 aliphatic rings. The first-order chi connectivity index (χ1) is 19.0. The van der Waals surface area contributed by atoms with Crippen LogP contribution in [0, 0.1) is 0 Å². The first kappa shape index (κ1) is 28.4. The van der Waals surface area contributed by atoms with Crippen LogP contribution in [0.5, 0.6) is 17.2 Å². The van der Waals surface area contributed by atoms with Gasteiger partial charge in [-0.2, -0.15) is 8.42 Å². The summed E-state index contributed by atoms with van der Waals surface area (Å²) in [6.07, 6.45) is 2.93. The average Bonchev–Trinajstić information content (AvgIpc) is 2.90. The van der Waals surface area contributed by atoms with Crippen molar-refractivity contribution in [2.24, 2.45) is 0 Å². The van der Waals surface area contributed by atoms with Gasteiger partial charge in [0.15, 0.2) is 11.5 Å². The molecule has 1 heterocycles. The molecule has 1 fully saturated rings. The van der Waals surface area contributed by atoms with Crippen molar-refractivity contribution in [3.05, 3.63) is 95.0 Å². The van der Waals surface area contributed by atoms with Crippen LogP contribution in [0.1, 0.15) is 18.1 Å². The second-order valence-corrected chi connectivity index (χ2v) is 10.4. The smallest absolute Gasteiger partial charge is 0.339 e. The molecule has 206 valence electrons. The highest BCUT2D eigenvalue weighted by molar-refractivity contribution is 7.87. The second-order valence-electron chi connectivity index (χ2n) is 8.40. The molecule has 4 amide bonds. The number of anilines is 1. The fourth-order valence-corrected chi connectivity index (χ4v) is 4.95. The molecule has 0 unspecified atom stereocenters. The number of nitrogens with zero attached hydrogens (tertiary/aromatic N) is 1. The lowest BCUT2D eigenvalue weighted by molar-refractivity contribution is -0.122. The number of halogens is 1. The minimum Gasteiger partial charge on any atom is -0.508 e. The van der Waals surface area contributed by atoms with Crippen molar-refractivity contribution in [3.63, 3.8) is 0 Å². The largest absolute Gasteiger partial charge is 0.508 e. The molecule has 10 nitrogen and oxygen atoms in total. The van der Waals surface area contributed by atoms with E-state index in [1.54, 1.807) is 6.92 Å². The number of imide groups is 2. The molecule has 0 aliphatic carbocycles. The quantitative estimate of drug-likeness (QED) is 0.161. The van der Waals surface area contributed by atoms with E-state index in [0.29, 0.717) is 16.1 Å². The second kappa shape index (κ2) is 11.6. The molecule has 3 aromatic rings. The van der Waals surface area contributed by atoms with Crippen molar-refractivity contribution in [1.82, 2.24) is 5.32 Å². The number of hydrogen-bond donors (Lipinski definition) is 2. The van der Waals surface area contributed by atoms with E-state index >= 15 is 0 Å². The van der Waals surface area contributed by atoms with Crippen LogP contribution in [0.3, 0.4) is 0 Å². The van der Waals surface area contributed by atoms with Gasteiger partial charge in [0.25, 0.3) is 11.8 Å². The lowest BCUT2D eigenvalue weighted by atomic mass is 10.0. The number of rotatable bonds is 9. The van der Waals surface area contributed by atoms with Crippen molar-refractivity contribution in [2.75, 3.05) is 11.5 Å².